The zero-order chi connectivity index (χ0) is 31.3. The van der Waals surface area contributed by atoms with E-state index >= 15 is 0 Å². The molecule has 14 heteroatoms. The second-order valence-corrected chi connectivity index (χ2v) is 40.0. The SMILES string of the molecule is CCO[Si](CCN([Si](C)(C)C)[Si](C)(C)C)(OCC)OCC.CO[Si](CCN([Si](C)(C)C)[Si](C)(C)C)(OC)OC. The Bertz CT molecular complexity index is 594. The van der Waals surface area contributed by atoms with Crippen molar-refractivity contribution in [1.29, 1.82) is 0 Å². The Morgan fingerprint density at radius 2 is 0.641 bits per heavy atom. The standard InChI is InChI=1S/C14H37NO3Si3.C11H31NO3Si3/c1-10-16-21(17-11-2,18-12-3)14-13-15(19(4,5)6)20(7,8)9;1-13-18(14-2,15-3)11-10-12(16(4,5)6)17(7,8)9/h10-14H2,1-9H3;10-11H2,1-9H3. The normalized spacial score (nSPS) is 14.2. The molecule has 0 fully saturated rings. The maximum atomic E-state index is 5.98. The average molecular weight is 661 g/mol. The fraction of sp³-hybridized carbons (Fsp3) is 1.00. The minimum Gasteiger partial charge on any atom is -0.377 e. The quantitative estimate of drug-likeness (QED) is 0.140. The van der Waals surface area contributed by atoms with Crippen LogP contribution in [0.4, 0.5) is 0 Å². The van der Waals surface area contributed by atoms with Crippen LogP contribution in [0.2, 0.25) is 90.7 Å². The smallest absolute Gasteiger partial charge is 0.377 e. The van der Waals surface area contributed by atoms with Crippen molar-refractivity contribution < 1.29 is 26.6 Å². The average Bonchev–Trinajstić information content (AvgIpc) is 2.74. The van der Waals surface area contributed by atoms with Gasteiger partial charge < -0.3 is 35.0 Å². The van der Waals surface area contributed by atoms with Gasteiger partial charge in [0.05, 0.1) is 0 Å². The topological polar surface area (TPSA) is 61.9 Å². The lowest BCUT2D eigenvalue weighted by Gasteiger charge is -2.44. The Labute approximate surface area is 250 Å². The highest BCUT2D eigenvalue weighted by Gasteiger charge is 2.44. The van der Waals surface area contributed by atoms with Crippen LogP contribution >= 0.6 is 0 Å². The van der Waals surface area contributed by atoms with Crippen molar-refractivity contribution in [2.24, 2.45) is 0 Å². The lowest BCUT2D eigenvalue weighted by Crippen LogP contribution is -2.61. The Hall–Kier alpha value is 0.981. The van der Waals surface area contributed by atoms with Crippen molar-refractivity contribution in [3.63, 3.8) is 0 Å². The maximum absolute atomic E-state index is 5.98. The van der Waals surface area contributed by atoms with Crippen molar-refractivity contribution >= 4 is 50.6 Å². The summed E-state index contributed by atoms with van der Waals surface area (Å²) in [6.45, 7) is 39.1. The van der Waals surface area contributed by atoms with Crippen LogP contribution in [0.5, 0.6) is 0 Å². The first-order valence-corrected chi connectivity index (χ1v) is 32.3. The molecule has 0 aromatic heterocycles. The molecule has 238 valence electrons. The third-order valence-corrected chi connectivity index (χ3v) is 27.7. The van der Waals surface area contributed by atoms with Gasteiger partial charge in [0, 0.05) is 53.2 Å². The van der Waals surface area contributed by atoms with E-state index < -0.39 is 50.6 Å². The van der Waals surface area contributed by atoms with Crippen LogP contribution in [-0.4, -0.2) is 113 Å². The second-order valence-electron chi connectivity index (χ2n) is 13.8. The predicted octanol–water partition coefficient (Wildman–Crippen LogP) is 6.84. The summed E-state index contributed by atoms with van der Waals surface area (Å²) in [6.07, 6.45) is 0. The molecule has 8 nitrogen and oxygen atoms in total. The molecular weight excluding hydrogens is 593 g/mol. The number of nitrogens with zero attached hydrogens (tertiary/aromatic N) is 2. The molecule has 0 aliphatic carbocycles. The van der Waals surface area contributed by atoms with Crippen molar-refractivity contribution in [3.8, 4) is 0 Å². The molecule has 0 aliphatic heterocycles. The van der Waals surface area contributed by atoms with Crippen LogP contribution in [0.15, 0.2) is 0 Å². The van der Waals surface area contributed by atoms with Gasteiger partial charge in [0.2, 0.25) is 0 Å². The fourth-order valence-electron chi connectivity index (χ4n) is 5.41. The molecule has 0 radical (unpaired) electrons. The Balaban J connectivity index is 0. The largest absolute Gasteiger partial charge is 0.502 e. The van der Waals surface area contributed by atoms with Crippen molar-refractivity contribution in [2.45, 2.75) is 111 Å². The minimum atomic E-state index is -2.51. The molecule has 0 heterocycles. The number of hydrogen-bond donors (Lipinski definition) is 0. The molecule has 0 saturated carbocycles. The molecule has 0 N–H and O–H groups in total. The highest BCUT2D eigenvalue weighted by Crippen LogP contribution is 2.25. The van der Waals surface area contributed by atoms with Crippen molar-refractivity contribution in [2.75, 3.05) is 54.2 Å². The van der Waals surface area contributed by atoms with Crippen molar-refractivity contribution in [1.82, 2.24) is 8.46 Å². The van der Waals surface area contributed by atoms with Crippen LogP contribution in [0.3, 0.4) is 0 Å². The number of hydrogen-bond acceptors (Lipinski definition) is 8. The van der Waals surface area contributed by atoms with E-state index in [-0.39, 0.29) is 0 Å². The molecule has 0 aliphatic rings. The lowest BCUT2D eigenvalue weighted by molar-refractivity contribution is 0.0708. The van der Waals surface area contributed by atoms with E-state index in [2.05, 4.69) is 87.0 Å². The van der Waals surface area contributed by atoms with Crippen LogP contribution in [0.25, 0.3) is 0 Å². The van der Waals surface area contributed by atoms with Crippen LogP contribution in [0.1, 0.15) is 20.8 Å². The summed E-state index contributed by atoms with van der Waals surface area (Å²) in [5, 5.41) is 0. The van der Waals surface area contributed by atoms with E-state index in [1.807, 2.05) is 20.8 Å². The van der Waals surface area contributed by atoms with Crippen molar-refractivity contribution in [3.05, 3.63) is 0 Å². The Morgan fingerprint density at radius 3 is 0.821 bits per heavy atom. The van der Waals surface area contributed by atoms with E-state index in [1.54, 1.807) is 21.3 Å². The first kappa shape index (κ1) is 42.1. The van der Waals surface area contributed by atoms with Gasteiger partial charge in [-0.15, -0.1) is 0 Å². The summed E-state index contributed by atoms with van der Waals surface area (Å²) in [6, 6.07) is 1.77. The Morgan fingerprint density at radius 1 is 0.410 bits per heavy atom. The third kappa shape index (κ3) is 15.9. The first-order chi connectivity index (χ1) is 17.5. The predicted molar refractivity (Wildman–Crippen MR) is 184 cm³/mol. The molecule has 0 amide bonds. The zero-order valence-electron chi connectivity index (χ0n) is 29.3. The molecule has 0 bridgehead atoms. The van der Waals surface area contributed by atoms with E-state index in [0.717, 1.165) is 25.2 Å². The van der Waals surface area contributed by atoms with Gasteiger partial charge in [-0.2, -0.15) is 0 Å². The summed E-state index contributed by atoms with van der Waals surface area (Å²) < 4.78 is 40.0. The van der Waals surface area contributed by atoms with Gasteiger partial charge >= 0.3 is 17.6 Å². The summed E-state index contributed by atoms with van der Waals surface area (Å²) in [7, 11) is -5.19. The molecular formula is C25H68N2O6Si6. The third-order valence-electron chi connectivity index (χ3n) is 6.55. The molecule has 0 unspecified atom stereocenters. The van der Waals surface area contributed by atoms with E-state index in [0.29, 0.717) is 19.8 Å². The van der Waals surface area contributed by atoms with Crippen LogP contribution < -0.4 is 0 Å². The van der Waals surface area contributed by atoms with Gasteiger partial charge in [-0.25, -0.2) is 0 Å². The molecule has 0 aromatic rings. The van der Waals surface area contributed by atoms with Gasteiger partial charge in [-0.3, -0.25) is 0 Å². The molecule has 0 rings (SSSR count). The highest BCUT2D eigenvalue weighted by molar-refractivity contribution is 6.90. The maximum Gasteiger partial charge on any atom is 0.502 e. The number of rotatable bonds is 19. The lowest BCUT2D eigenvalue weighted by atomic mass is 10.8. The van der Waals surface area contributed by atoms with E-state index in [9.17, 15) is 0 Å². The van der Waals surface area contributed by atoms with Gasteiger partial charge in [0.15, 0.2) is 0 Å². The summed E-state index contributed by atoms with van der Waals surface area (Å²) in [5.41, 5.74) is 0. The van der Waals surface area contributed by atoms with Gasteiger partial charge in [0.25, 0.3) is 0 Å². The molecule has 39 heavy (non-hydrogen) atoms. The van der Waals surface area contributed by atoms with Gasteiger partial charge in [0.1, 0.15) is 32.9 Å². The summed E-state index contributed by atoms with van der Waals surface area (Å²) in [5.74, 6) is 0. The molecule has 0 atom stereocenters. The molecule has 0 spiro atoms. The first-order valence-electron chi connectivity index (χ1n) is 14.7. The molecule has 0 saturated heterocycles. The fourth-order valence-corrected chi connectivity index (χ4v) is 29.6. The minimum absolute atomic E-state index is 0.659. The van der Waals surface area contributed by atoms with E-state index in [4.69, 9.17) is 26.6 Å². The summed E-state index contributed by atoms with van der Waals surface area (Å²) >= 11 is 0. The highest BCUT2D eigenvalue weighted by atomic mass is 28.4. The monoisotopic (exact) mass is 660 g/mol. The molecule has 0 aromatic carbocycles. The van der Waals surface area contributed by atoms with Crippen LogP contribution in [0, 0.1) is 0 Å². The van der Waals surface area contributed by atoms with Gasteiger partial charge in [-0.05, 0) is 33.9 Å². The Kier molecular flexibility index (Phi) is 19.4. The summed E-state index contributed by atoms with van der Waals surface area (Å²) in [4.78, 5) is 0. The second kappa shape index (κ2) is 17.9. The van der Waals surface area contributed by atoms with Gasteiger partial charge in [-0.1, -0.05) is 78.6 Å². The zero-order valence-corrected chi connectivity index (χ0v) is 35.3. The van der Waals surface area contributed by atoms with E-state index in [1.165, 1.54) is 0 Å². The van der Waals surface area contributed by atoms with Crippen LogP contribution in [-0.2, 0) is 26.6 Å².